The van der Waals surface area contributed by atoms with Crippen molar-refractivity contribution in [2.75, 3.05) is 19.7 Å². The van der Waals surface area contributed by atoms with E-state index in [2.05, 4.69) is 10.2 Å². The van der Waals surface area contributed by atoms with Crippen molar-refractivity contribution in [3.63, 3.8) is 0 Å². The van der Waals surface area contributed by atoms with E-state index in [1.807, 2.05) is 57.6 Å². The molecule has 2 aliphatic rings. The van der Waals surface area contributed by atoms with Crippen LogP contribution < -0.4 is 0 Å². The molecule has 0 unspecified atom stereocenters. The highest BCUT2D eigenvalue weighted by Crippen LogP contribution is 2.37. The Morgan fingerprint density at radius 2 is 1.96 bits per heavy atom. The summed E-state index contributed by atoms with van der Waals surface area (Å²) < 4.78 is 9.63. The summed E-state index contributed by atoms with van der Waals surface area (Å²) in [6.45, 7) is 2.37. The Morgan fingerprint density at radius 3 is 2.62 bits per heavy atom. The quantitative estimate of drug-likeness (QED) is 0.709. The van der Waals surface area contributed by atoms with Crippen molar-refractivity contribution >= 4 is 11.6 Å². The van der Waals surface area contributed by atoms with Gasteiger partial charge in [-0.2, -0.15) is 0 Å². The molecule has 0 radical (unpaired) electrons. The third-order valence-electron chi connectivity index (χ3n) is 5.75. The molecule has 3 aromatic rings. The van der Waals surface area contributed by atoms with Crippen LogP contribution in [0.2, 0.25) is 0 Å². The molecule has 0 saturated carbocycles. The van der Waals surface area contributed by atoms with Crippen LogP contribution in [0.4, 0.5) is 0 Å². The number of carbonyl (C=O) groups is 1. The molecule has 7 nitrogen and oxygen atoms in total. The number of ether oxygens (including phenoxy) is 1. The van der Waals surface area contributed by atoms with Crippen molar-refractivity contribution in [3.05, 3.63) is 42.2 Å². The number of aryl methyl sites for hydroxylation is 1. The number of rotatable bonds is 2. The second-order valence-electron chi connectivity index (χ2n) is 7.25. The van der Waals surface area contributed by atoms with E-state index in [1.54, 1.807) is 0 Å². The van der Waals surface area contributed by atoms with Crippen LogP contribution in [0.25, 0.3) is 17.2 Å². The molecule has 0 N–H and O–H groups in total. The van der Waals surface area contributed by atoms with E-state index in [4.69, 9.17) is 4.74 Å². The fourth-order valence-electron chi connectivity index (χ4n) is 3.97. The van der Waals surface area contributed by atoms with Gasteiger partial charge in [0.05, 0.1) is 23.5 Å². The zero-order valence-corrected chi connectivity index (χ0v) is 14.8. The zero-order chi connectivity index (χ0) is 17.7. The van der Waals surface area contributed by atoms with Gasteiger partial charge in [0.25, 0.3) is 5.91 Å². The van der Waals surface area contributed by atoms with Crippen LogP contribution in [0.3, 0.4) is 0 Å². The Morgan fingerprint density at radius 1 is 1.15 bits per heavy atom. The van der Waals surface area contributed by atoms with Crippen molar-refractivity contribution in [1.29, 1.82) is 0 Å². The minimum Gasteiger partial charge on any atom is -0.375 e. The normalized spacial score (nSPS) is 19.0. The lowest BCUT2D eigenvalue weighted by molar-refractivity contribution is -0.169. The van der Waals surface area contributed by atoms with Gasteiger partial charge in [0.2, 0.25) is 0 Å². The second-order valence-corrected chi connectivity index (χ2v) is 7.25. The molecule has 1 amide bonds. The number of piperidine rings is 1. The first-order valence-corrected chi connectivity index (χ1v) is 9.05. The van der Waals surface area contributed by atoms with Gasteiger partial charge in [0, 0.05) is 32.5 Å². The monoisotopic (exact) mass is 351 g/mol. The van der Waals surface area contributed by atoms with E-state index >= 15 is 0 Å². The summed E-state index contributed by atoms with van der Waals surface area (Å²) in [5, 5.41) is 8.52. The fourth-order valence-corrected chi connectivity index (χ4v) is 3.97. The molecule has 134 valence electrons. The summed E-state index contributed by atoms with van der Waals surface area (Å²) in [5.74, 6) is 0.801. The van der Waals surface area contributed by atoms with E-state index in [0.29, 0.717) is 5.56 Å². The first kappa shape index (κ1) is 15.6. The van der Waals surface area contributed by atoms with Gasteiger partial charge in [0.15, 0.2) is 11.5 Å². The number of amides is 1. The van der Waals surface area contributed by atoms with Crippen LogP contribution in [0.15, 0.2) is 36.7 Å². The lowest BCUT2D eigenvalue weighted by Gasteiger charge is -2.47. The maximum Gasteiger partial charge on any atom is 0.255 e. The highest BCUT2D eigenvalue weighted by atomic mass is 16.5. The average Bonchev–Trinajstić information content (AvgIpc) is 3.25. The van der Waals surface area contributed by atoms with Gasteiger partial charge in [-0.05, 0) is 43.5 Å². The topological polar surface area (TPSA) is 64.7 Å². The smallest absolute Gasteiger partial charge is 0.255 e. The number of nitrogens with zero attached hydrogens (tertiary/aromatic N) is 5. The predicted octanol–water partition coefficient (Wildman–Crippen LogP) is 2.13. The molecule has 2 fully saturated rings. The van der Waals surface area contributed by atoms with E-state index in [9.17, 15) is 4.79 Å². The van der Waals surface area contributed by atoms with Crippen LogP contribution in [0.1, 0.15) is 29.6 Å². The molecule has 3 aromatic heterocycles. The summed E-state index contributed by atoms with van der Waals surface area (Å²) in [4.78, 5) is 14.9. The van der Waals surface area contributed by atoms with Gasteiger partial charge in [-0.1, -0.05) is 0 Å². The van der Waals surface area contributed by atoms with Crippen LogP contribution >= 0.6 is 0 Å². The zero-order valence-electron chi connectivity index (χ0n) is 14.8. The maximum atomic E-state index is 13.0. The van der Waals surface area contributed by atoms with Crippen molar-refractivity contribution in [2.45, 2.75) is 24.9 Å². The van der Waals surface area contributed by atoms with Crippen molar-refractivity contribution < 1.29 is 9.53 Å². The number of likely N-dealkylation sites (tertiary alicyclic amines) is 1. The van der Waals surface area contributed by atoms with Crippen LogP contribution in [0.5, 0.6) is 0 Å². The minimum absolute atomic E-state index is 0.0503. The summed E-state index contributed by atoms with van der Waals surface area (Å²) in [6, 6.07) is 7.66. The van der Waals surface area contributed by atoms with Crippen LogP contribution in [0, 0.1) is 0 Å². The van der Waals surface area contributed by atoms with E-state index in [0.717, 1.165) is 56.1 Å². The Kier molecular flexibility index (Phi) is 3.40. The number of hydrogen-bond donors (Lipinski definition) is 0. The maximum absolute atomic E-state index is 13.0. The highest BCUT2D eigenvalue weighted by molar-refractivity contribution is 5.94. The van der Waals surface area contributed by atoms with Gasteiger partial charge in [-0.3, -0.25) is 9.20 Å². The Bertz CT molecular complexity index is 975. The third-order valence-corrected chi connectivity index (χ3v) is 5.75. The molecule has 0 aliphatic carbocycles. The summed E-state index contributed by atoms with van der Waals surface area (Å²) in [7, 11) is 1.97. The molecule has 0 atom stereocenters. The van der Waals surface area contributed by atoms with Crippen molar-refractivity contribution in [2.24, 2.45) is 7.05 Å². The molecular weight excluding hydrogens is 330 g/mol. The van der Waals surface area contributed by atoms with E-state index in [1.165, 1.54) is 0 Å². The molecule has 0 bridgehead atoms. The Balaban J connectivity index is 1.44. The van der Waals surface area contributed by atoms with Crippen molar-refractivity contribution in [3.8, 4) is 11.5 Å². The van der Waals surface area contributed by atoms with Crippen LogP contribution in [-0.4, -0.2) is 55.3 Å². The lowest BCUT2D eigenvalue weighted by atomic mass is 9.84. The van der Waals surface area contributed by atoms with Gasteiger partial charge < -0.3 is 14.2 Å². The number of aromatic nitrogens is 4. The first-order valence-electron chi connectivity index (χ1n) is 9.05. The van der Waals surface area contributed by atoms with Gasteiger partial charge >= 0.3 is 0 Å². The highest BCUT2D eigenvalue weighted by Gasteiger charge is 2.42. The minimum atomic E-state index is 0.0503. The van der Waals surface area contributed by atoms with Gasteiger partial charge in [-0.15, -0.1) is 10.2 Å². The molecule has 5 heterocycles. The molecule has 2 saturated heterocycles. The molecule has 7 heteroatoms. The van der Waals surface area contributed by atoms with E-state index in [-0.39, 0.29) is 11.5 Å². The van der Waals surface area contributed by atoms with Crippen LogP contribution in [-0.2, 0) is 11.8 Å². The largest absolute Gasteiger partial charge is 0.375 e. The average molecular weight is 351 g/mol. The number of fused-ring (bicyclic) bond motifs is 1. The van der Waals surface area contributed by atoms with Gasteiger partial charge in [0.1, 0.15) is 0 Å². The summed E-state index contributed by atoms with van der Waals surface area (Å²) in [5.41, 5.74) is 2.41. The second kappa shape index (κ2) is 5.67. The van der Waals surface area contributed by atoms with Crippen molar-refractivity contribution in [1.82, 2.24) is 24.1 Å². The number of carbonyl (C=O) groups excluding carboxylic acids is 1. The Hall–Kier alpha value is -2.67. The summed E-state index contributed by atoms with van der Waals surface area (Å²) >= 11 is 0. The SMILES string of the molecule is Cn1cccc1-c1nnc2ccc(C(=O)N3CCC4(CCO4)CC3)cn12. The third kappa shape index (κ3) is 2.34. The lowest BCUT2D eigenvalue weighted by Crippen LogP contribution is -2.53. The molecule has 0 aromatic carbocycles. The predicted molar refractivity (Wildman–Crippen MR) is 95.8 cm³/mol. The van der Waals surface area contributed by atoms with E-state index < -0.39 is 0 Å². The number of hydrogen-bond acceptors (Lipinski definition) is 4. The molecular formula is C19H21N5O2. The summed E-state index contributed by atoms with van der Waals surface area (Å²) in [6.07, 6.45) is 6.81. The fraction of sp³-hybridized carbons (Fsp3) is 0.421. The first-order chi connectivity index (χ1) is 12.7. The Labute approximate surface area is 151 Å². The van der Waals surface area contributed by atoms with Gasteiger partial charge in [-0.25, -0.2) is 0 Å². The standard InChI is InChI=1S/C19H21N5O2/c1-22-9-2-3-15(22)17-21-20-16-5-4-14(13-24(16)17)18(25)23-10-6-19(7-11-23)8-12-26-19/h2-5,9,13H,6-8,10-12H2,1H3. The molecule has 5 rings (SSSR count). The number of pyridine rings is 1. The molecule has 2 aliphatic heterocycles. The molecule has 26 heavy (non-hydrogen) atoms. The molecule has 1 spiro atoms.